The fourth-order valence-corrected chi connectivity index (χ4v) is 2.76. The van der Waals surface area contributed by atoms with Crippen molar-refractivity contribution in [1.29, 1.82) is 0 Å². The van der Waals surface area contributed by atoms with Crippen molar-refractivity contribution in [1.82, 2.24) is 19.9 Å². The Balaban J connectivity index is 1.98. The minimum absolute atomic E-state index is 0.0831. The Labute approximate surface area is 201 Å². The molecule has 0 unspecified atom stereocenters. The Morgan fingerprint density at radius 2 is 1.14 bits per heavy atom. The predicted molar refractivity (Wildman–Crippen MR) is 122 cm³/mol. The van der Waals surface area contributed by atoms with Gasteiger partial charge in [-0.1, -0.05) is 6.07 Å². The van der Waals surface area contributed by atoms with Gasteiger partial charge < -0.3 is 33.5 Å². The molecule has 0 atom stereocenters. The van der Waals surface area contributed by atoms with Gasteiger partial charge in [0.15, 0.2) is 0 Å². The van der Waals surface area contributed by atoms with Crippen LogP contribution in [-0.2, 0) is 0 Å². The van der Waals surface area contributed by atoms with Gasteiger partial charge in [-0.05, 0) is 39.8 Å². The number of nitrogens with zero attached hydrogens (tertiary/aromatic N) is 4. The van der Waals surface area contributed by atoms with Gasteiger partial charge in [0.25, 0.3) is 0 Å². The van der Waals surface area contributed by atoms with Crippen LogP contribution in [0.25, 0.3) is 0 Å². The third-order valence-corrected chi connectivity index (χ3v) is 4.05. The van der Waals surface area contributed by atoms with Crippen molar-refractivity contribution in [2.75, 3.05) is 14.2 Å². The van der Waals surface area contributed by atoms with Crippen LogP contribution in [0.5, 0.6) is 47.0 Å². The highest BCUT2D eigenvalue weighted by molar-refractivity contribution is 5.94. The smallest absolute Gasteiger partial charge is 0.343 e. The van der Waals surface area contributed by atoms with E-state index in [1.165, 1.54) is 44.6 Å². The molecule has 0 aliphatic heterocycles. The topological polar surface area (TPSA) is 144 Å². The molecule has 0 saturated heterocycles. The molecule has 186 valence electrons. The lowest BCUT2D eigenvalue weighted by molar-refractivity contribution is 0.0691. The van der Waals surface area contributed by atoms with E-state index in [1.807, 2.05) is 27.7 Å². The number of hydrogen-bond donors (Lipinski definition) is 1. The molecular weight excluding hydrogens is 460 g/mol. The SMILES string of the molecule is COc1cc(OC(C)C)nc(Oc2cccc(Oc3nc(OC)cc(OC(C)C)n3)c2C(=O)O)n1. The number of rotatable bonds is 11. The monoisotopic (exact) mass is 486 g/mol. The molecule has 0 aliphatic carbocycles. The number of ether oxygens (including phenoxy) is 6. The second kappa shape index (κ2) is 11.2. The van der Waals surface area contributed by atoms with Crippen molar-refractivity contribution in [3.05, 3.63) is 35.9 Å². The average molecular weight is 486 g/mol. The lowest BCUT2D eigenvalue weighted by Crippen LogP contribution is -2.09. The van der Waals surface area contributed by atoms with Gasteiger partial charge in [-0.3, -0.25) is 0 Å². The van der Waals surface area contributed by atoms with Crippen molar-refractivity contribution >= 4 is 5.97 Å². The highest BCUT2D eigenvalue weighted by atomic mass is 16.5. The van der Waals surface area contributed by atoms with Crippen molar-refractivity contribution < 1.29 is 38.3 Å². The molecule has 0 bridgehead atoms. The Bertz CT molecular complexity index is 1100. The predicted octanol–water partition coefficient (Wildman–Crippen LogP) is 4.14. The fourth-order valence-electron chi connectivity index (χ4n) is 2.76. The summed E-state index contributed by atoms with van der Waals surface area (Å²) in [6.45, 7) is 7.32. The third-order valence-electron chi connectivity index (χ3n) is 4.05. The lowest BCUT2D eigenvalue weighted by Gasteiger charge is -2.14. The molecule has 1 aromatic carbocycles. The Kier molecular flexibility index (Phi) is 8.08. The van der Waals surface area contributed by atoms with E-state index in [4.69, 9.17) is 28.4 Å². The maximum Gasteiger partial charge on any atom is 0.343 e. The largest absolute Gasteiger partial charge is 0.481 e. The minimum atomic E-state index is -1.32. The van der Waals surface area contributed by atoms with Crippen LogP contribution in [0.15, 0.2) is 30.3 Å². The molecule has 3 rings (SSSR count). The van der Waals surface area contributed by atoms with Crippen LogP contribution in [0.3, 0.4) is 0 Å². The van der Waals surface area contributed by atoms with E-state index in [1.54, 1.807) is 0 Å². The van der Waals surface area contributed by atoms with Gasteiger partial charge in [-0.25, -0.2) is 4.79 Å². The van der Waals surface area contributed by atoms with Crippen LogP contribution < -0.4 is 28.4 Å². The number of methoxy groups -OCH3 is 2. The standard InChI is InChI=1S/C23H26N4O8/c1-12(2)32-18-10-16(30-5)24-22(26-18)34-14-8-7-9-15(20(14)21(28)29)35-23-25-17(31-6)11-19(27-23)33-13(3)4/h7-13H,1-6H3,(H,28,29). The zero-order valence-electron chi connectivity index (χ0n) is 20.1. The quantitative estimate of drug-likeness (QED) is 0.416. The number of benzene rings is 1. The molecule has 0 fully saturated rings. The molecule has 0 radical (unpaired) electrons. The van der Waals surface area contributed by atoms with Crippen LogP contribution in [0.1, 0.15) is 38.1 Å². The summed E-state index contributed by atoms with van der Waals surface area (Å²) in [5.41, 5.74) is -0.303. The number of carboxylic acid groups (broad SMARTS) is 1. The van der Waals surface area contributed by atoms with Crippen LogP contribution in [0.2, 0.25) is 0 Å². The van der Waals surface area contributed by atoms with Gasteiger partial charge >= 0.3 is 18.0 Å². The van der Waals surface area contributed by atoms with Crippen molar-refractivity contribution in [3.63, 3.8) is 0 Å². The van der Waals surface area contributed by atoms with Crippen LogP contribution in [0.4, 0.5) is 0 Å². The third kappa shape index (κ3) is 6.82. The number of aromatic carboxylic acids is 1. The zero-order valence-corrected chi connectivity index (χ0v) is 20.1. The summed E-state index contributed by atoms with van der Waals surface area (Å²) in [6, 6.07) is 7.02. The van der Waals surface area contributed by atoms with Crippen molar-refractivity contribution in [2.45, 2.75) is 39.9 Å². The molecule has 1 N–H and O–H groups in total. The first-order valence-electron chi connectivity index (χ1n) is 10.6. The fraction of sp³-hybridized carbons (Fsp3) is 0.348. The summed E-state index contributed by atoms with van der Waals surface area (Å²) in [5, 5.41) is 9.91. The molecule has 0 spiro atoms. The van der Waals surface area contributed by atoms with Gasteiger partial charge in [-0.2, -0.15) is 19.9 Å². The maximum absolute atomic E-state index is 12.2. The highest BCUT2D eigenvalue weighted by Gasteiger charge is 2.22. The summed E-state index contributed by atoms with van der Waals surface area (Å²) < 4.78 is 32.9. The van der Waals surface area contributed by atoms with E-state index in [0.717, 1.165) is 0 Å². The first-order chi connectivity index (χ1) is 16.7. The summed E-state index contributed by atoms with van der Waals surface area (Å²) in [4.78, 5) is 28.7. The van der Waals surface area contributed by atoms with Gasteiger partial charge in [0.1, 0.15) is 17.1 Å². The molecule has 0 aliphatic rings. The molecule has 35 heavy (non-hydrogen) atoms. The number of hydrogen-bond acceptors (Lipinski definition) is 11. The van der Waals surface area contributed by atoms with Crippen LogP contribution in [0, 0.1) is 0 Å². The van der Waals surface area contributed by atoms with Crippen LogP contribution in [-0.4, -0.2) is 57.4 Å². The molecule has 3 aromatic rings. The van der Waals surface area contributed by atoms with E-state index in [-0.39, 0.29) is 64.8 Å². The number of aromatic nitrogens is 4. The van der Waals surface area contributed by atoms with Gasteiger partial charge in [0, 0.05) is 0 Å². The molecular formula is C23H26N4O8. The van der Waals surface area contributed by atoms with E-state index in [2.05, 4.69) is 19.9 Å². The van der Waals surface area contributed by atoms with E-state index in [9.17, 15) is 9.90 Å². The Morgan fingerprint density at radius 1 is 0.743 bits per heavy atom. The van der Waals surface area contributed by atoms with Crippen molar-refractivity contribution in [3.8, 4) is 47.0 Å². The Morgan fingerprint density at radius 3 is 1.49 bits per heavy atom. The molecule has 0 amide bonds. The summed E-state index contributed by atoms with van der Waals surface area (Å²) >= 11 is 0. The molecule has 0 saturated carbocycles. The first kappa shape index (κ1) is 25.3. The van der Waals surface area contributed by atoms with E-state index in [0.29, 0.717) is 0 Å². The number of carbonyl (C=O) groups is 1. The van der Waals surface area contributed by atoms with Gasteiger partial charge in [0.2, 0.25) is 23.5 Å². The summed E-state index contributed by atoms with van der Waals surface area (Å²) in [7, 11) is 2.85. The van der Waals surface area contributed by atoms with Crippen LogP contribution >= 0.6 is 0 Å². The van der Waals surface area contributed by atoms with Gasteiger partial charge in [-0.15, -0.1) is 0 Å². The molecule has 2 aromatic heterocycles. The summed E-state index contributed by atoms with van der Waals surface area (Å²) in [5.74, 6) is -0.726. The van der Waals surface area contributed by atoms with Gasteiger partial charge in [0.05, 0.1) is 38.6 Å². The normalized spacial score (nSPS) is 10.7. The summed E-state index contributed by atoms with van der Waals surface area (Å²) in [6.07, 6.45) is -0.331. The maximum atomic E-state index is 12.2. The molecule has 12 heteroatoms. The van der Waals surface area contributed by atoms with E-state index < -0.39 is 5.97 Å². The number of carboxylic acids is 1. The second-order valence-corrected chi connectivity index (χ2v) is 7.53. The van der Waals surface area contributed by atoms with Crippen molar-refractivity contribution in [2.24, 2.45) is 0 Å². The Hall–Kier alpha value is -4.35. The average Bonchev–Trinajstić information content (AvgIpc) is 2.77. The molecule has 12 nitrogen and oxygen atoms in total. The highest BCUT2D eigenvalue weighted by Crippen LogP contribution is 2.35. The van der Waals surface area contributed by atoms with E-state index >= 15 is 0 Å². The zero-order chi connectivity index (χ0) is 25.5. The first-order valence-corrected chi connectivity index (χ1v) is 10.6. The molecule has 2 heterocycles. The second-order valence-electron chi connectivity index (χ2n) is 7.53. The minimum Gasteiger partial charge on any atom is -0.481 e. The lowest BCUT2D eigenvalue weighted by atomic mass is 10.2.